The van der Waals surface area contributed by atoms with E-state index < -0.39 is 0 Å². The molecule has 4 heteroatoms. The summed E-state index contributed by atoms with van der Waals surface area (Å²) in [6, 6.07) is 8.38. The van der Waals surface area contributed by atoms with Crippen LogP contribution in [-0.4, -0.2) is 36.5 Å². The predicted molar refractivity (Wildman–Crippen MR) is 62.7 cm³/mol. The molecule has 1 unspecified atom stereocenters. The first kappa shape index (κ1) is 10.5. The topological polar surface area (TPSA) is 23.6 Å². The molecule has 80 valence electrons. The number of carbonyl (C=O) groups excluding carboxylic acids is 1. The van der Waals surface area contributed by atoms with Gasteiger partial charge in [0.2, 0.25) is 0 Å². The van der Waals surface area contributed by atoms with Crippen molar-refractivity contribution in [3.8, 4) is 0 Å². The van der Waals surface area contributed by atoms with Gasteiger partial charge in [-0.05, 0) is 17.7 Å². The number of nitrogens with zero attached hydrogens (tertiary/aromatic N) is 2. The van der Waals surface area contributed by atoms with E-state index in [4.69, 9.17) is 0 Å². The maximum absolute atomic E-state index is 11.6. The highest BCUT2D eigenvalue weighted by atomic mass is 79.9. The highest BCUT2D eigenvalue weighted by molar-refractivity contribution is 9.10. The standard InChI is InChI=1S/C11H13BrN2O/c1-13-7-10(14(2)11(13)15)8-3-5-9(12)6-4-8/h3-6,10H,7H2,1-2H3. The van der Waals surface area contributed by atoms with Crippen molar-refractivity contribution < 1.29 is 4.79 Å². The summed E-state index contributed by atoms with van der Waals surface area (Å²) in [7, 11) is 3.68. The lowest BCUT2D eigenvalue weighted by Crippen LogP contribution is -2.26. The Bertz CT molecular complexity index is 377. The zero-order valence-electron chi connectivity index (χ0n) is 8.77. The summed E-state index contributed by atoms with van der Waals surface area (Å²) in [5.74, 6) is 0. The summed E-state index contributed by atoms with van der Waals surface area (Å²) in [6.07, 6.45) is 0. The van der Waals surface area contributed by atoms with Crippen LogP contribution in [0.4, 0.5) is 4.79 Å². The molecule has 0 saturated carbocycles. The van der Waals surface area contributed by atoms with E-state index in [1.165, 1.54) is 5.56 Å². The number of carbonyl (C=O) groups is 1. The Morgan fingerprint density at radius 3 is 2.33 bits per heavy atom. The third-order valence-electron chi connectivity index (χ3n) is 2.80. The second kappa shape index (κ2) is 3.85. The predicted octanol–water partition coefficient (Wildman–Crippen LogP) is 2.49. The number of hydrogen-bond donors (Lipinski definition) is 0. The molecule has 0 bridgehead atoms. The molecule has 2 amide bonds. The molecule has 0 aliphatic carbocycles. The average Bonchev–Trinajstić information content (AvgIpc) is 2.47. The van der Waals surface area contributed by atoms with Gasteiger partial charge in [-0.1, -0.05) is 28.1 Å². The molecule has 1 saturated heterocycles. The Balaban J connectivity index is 2.25. The van der Waals surface area contributed by atoms with Crippen molar-refractivity contribution in [3.63, 3.8) is 0 Å². The fourth-order valence-electron chi connectivity index (χ4n) is 1.88. The number of benzene rings is 1. The SMILES string of the molecule is CN1CC(c2ccc(Br)cc2)N(C)C1=O. The van der Waals surface area contributed by atoms with Gasteiger partial charge >= 0.3 is 6.03 Å². The molecular weight excluding hydrogens is 256 g/mol. The van der Waals surface area contributed by atoms with E-state index in [-0.39, 0.29) is 12.1 Å². The Kier molecular flexibility index (Phi) is 2.69. The first-order valence-electron chi connectivity index (χ1n) is 4.83. The van der Waals surface area contributed by atoms with Crippen molar-refractivity contribution in [2.24, 2.45) is 0 Å². The van der Waals surface area contributed by atoms with Crippen LogP contribution in [0.2, 0.25) is 0 Å². The van der Waals surface area contributed by atoms with E-state index in [0.717, 1.165) is 11.0 Å². The zero-order valence-corrected chi connectivity index (χ0v) is 10.4. The summed E-state index contributed by atoms with van der Waals surface area (Å²) in [5, 5.41) is 0. The smallest absolute Gasteiger partial charge is 0.320 e. The molecule has 0 spiro atoms. The van der Waals surface area contributed by atoms with E-state index in [0.29, 0.717) is 0 Å². The van der Waals surface area contributed by atoms with Gasteiger partial charge in [-0.15, -0.1) is 0 Å². The highest BCUT2D eigenvalue weighted by Crippen LogP contribution is 2.27. The molecule has 1 fully saturated rings. The van der Waals surface area contributed by atoms with Crippen LogP contribution in [0, 0.1) is 0 Å². The van der Waals surface area contributed by atoms with Crippen LogP contribution in [0.3, 0.4) is 0 Å². The molecule has 1 aliphatic rings. The second-order valence-electron chi connectivity index (χ2n) is 3.84. The third-order valence-corrected chi connectivity index (χ3v) is 3.33. The van der Waals surface area contributed by atoms with Crippen molar-refractivity contribution in [1.82, 2.24) is 9.80 Å². The van der Waals surface area contributed by atoms with Crippen molar-refractivity contribution in [2.75, 3.05) is 20.6 Å². The third kappa shape index (κ3) is 1.86. The summed E-state index contributed by atoms with van der Waals surface area (Å²) >= 11 is 3.40. The maximum atomic E-state index is 11.6. The van der Waals surface area contributed by atoms with Crippen LogP contribution in [0.1, 0.15) is 11.6 Å². The van der Waals surface area contributed by atoms with Gasteiger partial charge in [0.25, 0.3) is 0 Å². The van der Waals surface area contributed by atoms with Crippen LogP contribution >= 0.6 is 15.9 Å². The molecule has 0 aromatic heterocycles. The second-order valence-corrected chi connectivity index (χ2v) is 4.76. The molecule has 1 aromatic rings. The average molecular weight is 269 g/mol. The van der Waals surface area contributed by atoms with Gasteiger partial charge < -0.3 is 9.80 Å². The molecule has 1 heterocycles. The number of rotatable bonds is 1. The number of hydrogen-bond acceptors (Lipinski definition) is 1. The number of likely N-dealkylation sites (N-methyl/N-ethyl adjacent to an activating group) is 2. The maximum Gasteiger partial charge on any atom is 0.320 e. The molecule has 1 atom stereocenters. The van der Waals surface area contributed by atoms with Crippen molar-refractivity contribution >= 4 is 22.0 Å². The van der Waals surface area contributed by atoms with Crippen molar-refractivity contribution in [2.45, 2.75) is 6.04 Å². The van der Waals surface area contributed by atoms with Gasteiger partial charge in [0, 0.05) is 25.1 Å². The van der Waals surface area contributed by atoms with E-state index in [9.17, 15) is 4.79 Å². The number of amides is 2. The lowest BCUT2D eigenvalue weighted by Gasteiger charge is -2.17. The molecule has 3 nitrogen and oxygen atoms in total. The Hall–Kier alpha value is -1.03. The Morgan fingerprint density at radius 2 is 1.87 bits per heavy atom. The highest BCUT2D eigenvalue weighted by Gasteiger charge is 2.32. The monoisotopic (exact) mass is 268 g/mol. The van der Waals surface area contributed by atoms with Gasteiger partial charge in [-0.25, -0.2) is 4.79 Å². The minimum atomic E-state index is 0.0860. The van der Waals surface area contributed by atoms with Gasteiger partial charge in [0.05, 0.1) is 6.04 Å². The van der Waals surface area contributed by atoms with Crippen LogP contribution in [-0.2, 0) is 0 Å². The lowest BCUT2D eigenvalue weighted by atomic mass is 10.1. The van der Waals surface area contributed by atoms with E-state index in [1.54, 1.807) is 9.80 Å². The molecule has 1 aromatic carbocycles. The first-order valence-corrected chi connectivity index (χ1v) is 5.62. The normalized spacial score (nSPS) is 21.3. The van der Waals surface area contributed by atoms with Gasteiger partial charge in [-0.3, -0.25) is 0 Å². The van der Waals surface area contributed by atoms with E-state index in [2.05, 4.69) is 28.1 Å². The first-order chi connectivity index (χ1) is 7.09. The van der Waals surface area contributed by atoms with Gasteiger partial charge in [0.1, 0.15) is 0 Å². The molecule has 0 N–H and O–H groups in total. The van der Waals surface area contributed by atoms with E-state index in [1.807, 2.05) is 26.2 Å². The van der Waals surface area contributed by atoms with Gasteiger partial charge in [0.15, 0.2) is 0 Å². The molecule has 0 radical (unpaired) electrons. The number of urea groups is 1. The van der Waals surface area contributed by atoms with Crippen molar-refractivity contribution in [1.29, 1.82) is 0 Å². The van der Waals surface area contributed by atoms with Crippen LogP contribution in [0.15, 0.2) is 28.7 Å². The zero-order chi connectivity index (χ0) is 11.0. The number of halogens is 1. The van der Waals surface area contributed by atoms with Gasteiger partial charge in [-0.2, -0.15) is 0 Å². The molecule has 1 aliphatic heterocycles. The summed E-state index contributed by atoms with van der Waals surface area (Å²) in [4.78, 5) is 15.1. The summed E-state index contributed by atoms with van der Waals surface area (Å²) in [5.41, 5.74) is 1.18. The van der Waals surface area contributed by atoms with Crippen LogP contribution in [0.25, 0.3) is 0 Å². The van der Waals surface area contributed by atoms with Crippen LogP contribution < -0.4 is 0 Å². The summed E-state index contributed by atoms with van der Waals surface area (Å²) < 4.78 is 1.06. The van der Waals surface area contributed by atoms with E-state index >= 15 is 0 Å². The Labute approximate surface area is 97.8 Å². The quantitative estimate of drug-likeness (QED) is 0.768. The minimum Gasteiger partial charge on any atom is -0.325 e. The van der Waals surface area contributed by atoms with Crippen LogP contribution in [0.5, 0.6) is 0 Å². The van der Waals surface area contributed by atoms with Crippen molar-refractivity contribution in [3.05, 3.63) is 34.3 Å². The Morgan fingerprint density at radius 1 is 1.27 bits per heavy atom. The molecular formula is C11H13BrN2O. The fraction of sp³-hybridized carbons (Fsp3) is 0.364. The summed E-state index contributed by atoms with van der Waals surface area (Å²) in [6.45, 7) is 0.761. The molecule has 15 heavy (non-hydrogen) atoms. The minimum absolute atomic E-state index is 0.0860. The molecule has 2 rings (SSSR count). The fourth-order valence-corrected chi connectivity index (χ4v) is 2.14. The largest absolute Gasteiger partial charge is 0.325 e. The lowest BCUT2D eigenvalue weighted by molar-refractivity contribution is 0.201.